The maximum Gasteiger partial charge on any atom is 0.322 e. The lowest BCUT2D eigenvalue weighted by molar-refractivity contribution is -0.181. The van der Waals surface area contributed by atoms with E-state index in [9.17, 15) is 29.4 Å². The van der Waals surface area contributed by atoms with Gasteiger partial charge in [-0.25, -0.2) is 0 Å². The van der Waals surface area contributed by atoms with Gasteiger partial charge in [0.1, 0.15) is 11.5 Å². The number of amides is 1. The second-order valence-electron chi connectivity index (χ2n) is 8.99. The average molecular weight is 460 g/mol. The summed E-state index contributed by atoms with van der Waals surface area (Å²) in [6.45, 7) is 7.62. The number of carbonyl (C=O) groups is 4. The van der Waals surface area contributed by atoms with Gasteiger partial charge < -0.3 is 20.3 Å². The third-order valence-electron chi connectivity index (χ3n) is 6.14. The molecule has 0 spiro atoms. The monoisotopic (exact) mass is 459 g/mol. The fraction of sp³-hybridized carbons (Fsp3) is 0.520. The lowest BCUT2D eigenvalue weighted by Gasteiger charge is -2.42. The molecule has 2 heterocycles. The first-order chi connectivity index (χ1) is 15.4. The molecule has 4 unspecified atom stereocenters. The highest BCUT2D eigenvalue weighted by atomic mass is 16.5. The average Bonchev–Trinajstić information content (AvgIpc) is 2.75. The van der Waals surface area contributed by atoms with Crippen molar-refractivity contribution in [2.45, 2.75) is 71.8 Å². The zero-order chi connectivity index (χ0) is 24.9. The van der Waals surface area contributed by atoms with Crippen molar-refractivity contribution < 1.29 is 34.1 Å². The molecular weight excluding hydrogens is 426 g/mol. The molecular formula is C25H33NO7. The Morgan fingerprint density at radius 1 is 1.09 bits per heavy atom. The van der Waals surface area contributed by atoms with E-state index in [0.29, 0.717) is 12.0 Å². The number of esters is 1. The molecule has 180 valence electrons. The number of rotatable bonds is 2. The lowest BCUT2D eigenvalue weighted by atomic mass is 9.69. The maximum absolute atomic E-state index is 13.4. The van der Waals surface area contributed by atoms with E-state index in [2.05, 4.69) is 5.32 Å². The lowest BCUT2D eigenvalue weighted by Crippen LogP contribution is -2.61. The summed E-state index contributed by atoms with van der Waals surface area (Å²) >= 11 is 0. The van der Waals surface area contributed by atoms with Crippen molar-refractivity contribution in [3.05, 3.63) is 47.6 Å². The first-order valence-corrected chi connectivity index (χ1v) is 11.0. The minimum Gasteiger partial charge on any atom is -0.461 e. The summed E-state index contributed by atoms with van der Waals surface area (Å²) in [5.41, 5.74) is -0.371. The molecule has 0 radical (unpaired) electrons. The molecule has 1 fully saturated rings. The van der Waals surface area contributed by atoms with Crippen LogP contribution in [0.2, 0.25) is 0 Å². The van der Waals surface area contributed by atoms with Crippen molar-refractivity contribution in [2.75, 3.05) is 0 Å². The Morgan fingerprint density at radius 2 is 1.70 bits per heavy atom. The van der Waals surface area contributed by atoms with Gasteiger partial charge in [-0.3, -0.25) is 19.2 Å². The number of nitrogens with one attached hydrogen (secondary N) is 1. The topological polar surface area (TPSA) is 130 Å². The number of ketones is 2. The second kappa shape index (κ2) is 10.9. The summed E-state index contributed by atoms with van der Waals surface area (Å²) in [5, 5.41) is 23.1. The molecule has 3 rings (SSSR count). The minimum absolute atomic E-state index is 0.0298. The van der Waals surface area contributed by atoms with Crippen LogP contribution in [0, 0.1) is 11.3 Å². The summed E-state index contributed by atoms with van der Waals surface area (Å²) in [5.74, 6) is -3.74. The van der Waals surface area contributed by atoms with Crippen molar-refractivity contribution in [3.8, 4) is 0 Å². The highest BCUT2D eigenvalue weighted by Crippen LogP contribution is 2.38. The van der Waals surface area contributed by atoms with Crippen molar-refractivity contribution in [3.63, 3.8) is 0 Å². The van der Waals surface area contributed by atoms with Crippen molar-refractivity contribution in [2.24, 2.45) is 11.3 Å². The SMILES string of the molecule is CC(=O)C(=O)N[C@@H]1/C=C(C)/C=C/[C@@H](O)C/C=C(C)/C=C/C(O)CC2OC(=O)C1(C)C(=O)C2C. The number of hydrogen-bond donors (Lipinski definition) is 3. The number of carbonyl (C=O) groups excluding carboxylic acids is 4. The van der Waals surface area contributed by atoms with Crippen LogP contribution in [0.3, 0.4) is 0 Å². The predicted molar refractivity (Wildman–Crippen MR) is 122 cm³/mol. The van der Waals surface area contributed by atoms with Gasteiger partial charge in [0.15, 0.2) is 5.78 Å². The molecule has 1 aliphatic carbocycles. The van der Waals surface area contributed by atoms with Crippen LogP contribution in [0.5, 0.6) is 0 Å². The molecule has 0 aromatic heterocycles. The minimum atomic E-state index is -1.78. The van der Waals surface area contributed by atoms with Crippen LogP contribution < -0.4 is 5.32 Å². The van der Waals surface area contributed by atoms with E-state index in [4.69, 9.17) is 4.74 Å². The smallest absolute Gasteiger partial charge is 0.322 e. The van der Waals surface area contributed by atoms with Crippen molar-refractivity contribution >= 4 is 23.4 Å². The van der Waals surface area contributed by atoms with E-state index in [1.54, 1.807) is 38.2 Å². The summed E-state index contributed by atoms with van der Waals surface area (Å²) in [7, 11) is 0. The Hall–Kier alpha value is -2.84. The molecule has 8 nitrogen and oxygen atoms in total. The first kappa shape index (κ1) is 26.4. The maximum atomic E-state index is 13.4. The van der Waals surface area contributed by atoms with Gasteiger partial charge in [-0.15, -0.1) is 0 Å². The fourth-order valence-corrected chi connectivity index (χ4v) is 3.85. The largest absolute Gasteiger partial charge is 0.461 e. The van der Waals surface area contributed by atoms with Crippen LogP contribution in [0.4, 0.5) is 0 Å². The number of aliphatic hydroxyl groups excluding tert-OH is 2. The highest BCUT2D eigenvalue weighted by molar-refractivity contribution is 6.35. The Kier molecular flexibility index (Phi) is 8.69. The zero-order valence-electron chi connectivity index (χ0n) is 19.7. The van der Waals surface area contributed by atoms with Crippen molar-refractivity contribution in [1.29, 1.82) is 0 Å². The number of ether oxygens (including phenoxy) is 1. The number of fused-ring (bicyclic) bond motifs is 10. The van der Waals surface area contributed by atoms with Crippen LogP contribution in [0.15, 0.2) is 47.6 Å². The van der Waals surface area contributed by atoms with Crippen molar-refractivity contribution in [1.82, 2.24) is 5.32 Å². The predicted octanol–water partition coefficient (Wildman–Crippen LogP) is 1.72. The molecule has 0 aromatic rings. The summed E-state index contributed by atoms with van der Waals surface area (Å²) in [6.07, 6.45) is 7.54. The van der Waals surface area contributed by atoms with Gasteiger partial charge in [0, 0.05) is 13.3 Å². The van der Waals surface area contributed by atoms with E-state index in [0.717, 1.165) is 12.5 Å². The number of allylic oxidation sites excluding steroid dienone is 4. The number of aliphatic hydroxyl groups is 2. The molecule has 1 saturated heterocycles. The number of hydrogen-bond acceptors (Lipinski definition) is 7. The van der Waals surface area contributed by atoms with Gasteiger partial charge in [0.05, 0.1) is 24.2 Å². The molecule has 3 N–H and O–H groups in total. The third kappa shape index (κ3) is 6.36. The van der Waals surface area contributed by atoms with Crippen LogP contribution in [0.1, 0.15) is 47.5 Å². The first-order valence-electron chi connectivity index (χ1n) is 11.0. The van der Waals surface area contributed by atoms with Gasteiger partial charge in [-0.05, 0) is 27.2 Å². The normalized spacial score (nSPS) is 38.7. The Labute approximate surface area is 194 Å². The van der Waals surface area contributed by atoms with Crippen LogP contribution in [-0.2, 0) is 23.9 Å². The second-order valence-corrected chi connectivity index (χ2v) is 8.99. The molecule has 33 heavy (non-hydrogen) atoms. The Balaban J connectivity index is 2.57. The molecule has 0 saturated carbocycles. The number of Topliss-reactive ketones (excluding diaryl/α,β-unsaturated/α-hetero) is 2. The molecule has 8 heteroatoms. The van der Waals surface area contributed by atoms with E-state index in [1.807, 2.05) is 13.0 Å². The zero-order valence-corrected chi connectivity index (χ0v) is 19.7. The van der Waals surface area contributed by atoms with E-state index in [1.165, 1.54) is 13.0 Å². The third-order valence-corrected chi connectivity index (χ3v) is 6.14. The van der Waals surface area contributed by atoms with Crippen LogP contribution in [0.25, 0.3) is 0 Å². The summed E-state index contributed by atoms with van der Waals surface area (Å²) in [4.78, 5) is 50.3. The van der Waals surface area contributed by atoms with E-state index in [-0.39, 0.29) is 6.42 Å². The van der Waals surface area contributed by atoms with E-state index >= 15 is 0 Å². The van der Waals surface area contributed by atoms with Gasteiger partial charge in [-0.2, -0.15) is 0 Å². The quantitative estimate of drug-likeness (QED) is 0.326. The summed E-state index contributed by atoms with van der Waals surface area (Å²) < 4.78 is 5.59. The summed E-state index contributed by atoms with van der Waals surface area (Å²) in [6, 6.07) is -1.15. The van der Waals surface area contributed by atoms with Crippen LogP contribution >= 0.6 is 0 Å². The fourth-order valence-electron chi connectivity index (χ4n) is 3.85. The van der Waals surface area contributed by atoms with Gasteiger partial charge in [0.25, 0.3) is 5.91 Å². The molecule has 3 aliphatic rings. The molecule has 6 atom stereocenters. The highest BCUT2D eigenvalue weighted by Gasteiger charge is 2.56. The van der Waals surface area contributed by atoms with Crippen LogP contribution in [-0.4, -0.2) is 58.0 Å². The van der Waals surface area contributed by atoms with Gasteiger partial charge in [0.2, 0.25) is 5.78 Å². The van der Waals surface area contributed by atoms with E-state index < -0.39 is 59.1 Å². The van der Waals surface area contributed by atoms with Gasteiger partial charge >= 0.3 is 5.97 Å². The molecule has 2 aliphatic heterocycles. The molecule has 2 bridgehead atoms. The molecule has 0 aromatic carbocycles. The Bertz CT molecular complexity index is 929. The molecule has 1 amide bonds. The Morgan fingerprint density at radius 3 is 2.33 bits per heavy atom. The standard InChI is InChI=1S/C25H33NO7/c1-14-6-9-18(28)10-8-15(2)12-21(26-23(31)17(4)27)25(5)22(30)16(3)20(33-24(25)32)13-19(29)11-7-14/h6-8,10-12,16,18-21,28-29H,9,13H2,1-5H3,(H,26,31)/b10-8+,11-7+,14-6+,15-12+/t16?,18-,19?,20?,21+,25?/m0/s1. The van der Waals surface area contributed by atoms with Gasteiger partial charge in [-0.1, -0.05) is 54.5 Å².